The number of benzene rings is 3. The van der Waals surface area contributed by atoms with E-state index in [1.165, 1.54) is 59.2 Å². The Bertz CT molecular complexity index is 730. The smallest absolute Gasteiger partial charge is 0.00313 e. The van der Waals surface area contributed by atoms with E-state index in [1.54, 1.807) is 0 Å². The van der Waals surface area contributed by atoms with Gasteiger partial charge in [0.2, 0.25) is 0 Å². The van der Waals surface area contributed by atoms with Gasteiger partial charge in [-0.25, -0.2) is 0 Å². The molecule has 0 atom stereocenters. The molecule has 1 heteroatoms. The summed E-state index contributed by atoms with van der Waals surface area (Å²) >= 11 is 3.50. The van der Waals surface area contributed by atoms with Crippen LogP contribution in [0.15, 0.2) is 54.6 Å². The quantitative estimate of drug-likeness (QED) is 0.273. The summed E-state index contributed by atoms with van der Waals surface area (Å²) in [5.41, 5.74) is 1.50. The summed E-state index contributed by atoms with van der Waals surface area (Å²) in [6.45, 7) is 0. The van der Waals surface area contributed by atoms with Crippen LogP contribution in [-0.4, -0.2) is 5.33 Å². The van der Waals surface area contributed by atoms with Crippen LogP contribution < -0.4 is 0 Å². The highest BCUT2D eigenvalue weighted by molar-refractivity contribution is 9.09. The number of aryl methyl sites for hydroxylation is 1. The van der Waals surface area contributed by atoms with Crippen molar-refractivity contribution in [2.45, 2.75) is 32.1 Å². The second-order valence-electron chi connectivity index (χ2n) is 5.69. The van der Waals surface area contributed by atoms with Gasteiger partial charge < -0.3 is 0 Å². The lowest BCUT2D eigenvalue weighted by Crippen LogP contribution is -1.89. The number of alkyl halides is 1. The standard InChI is InChI=1S/C20H21Br/c21-13-6-2-1-3-8-16-11-7-12-19-14-17-9-4-5-10-18(17)15-20(16)19/h4-5,7,9-12,14-15H,1-3,6,8,13H2. The van der Waals surface area contributed by atoms with Gasteiger partial charge >= 0.3 is 0 Å². The molecule has 0 unspecified atom stereocenters. The fraction of sp³-hybridized carbons (Fsp3) is 0.300. The van der Waals surface area contributed by atoms with Crippen molar-refractivity contribution in [1.29, 1.82) is 0 Å². The molecule has 0 saturated heterocycles. The molecule has 0 amide bonds. The third-order valence-corrected chi connectivity index (χ3v) is 4.73. The van der Waals surface area contributed by atoms with Gasteiger partial charge in [-0.2, -0.15) is 0 Å². The normalized spacial score (nSPS) is 11.3. The predicted molar refractivity (Wildman–Crippen MR) is 97.4 cm³/mol. The number of unbranched alkanes of at least 4 members (excludes halogenated alkanes) is 3. The molecule has 0 fully saturated rings. The minimum absolute atomic E-state index is 1.13. The van der Waals surface area contributed by atoms with Crippen LogP contribution in [0.3, 0.4) is 0 Å². The molecule has 0 aliphatic rings. The Morgan fingerprint density at radius 1 is 0.667 bits per heavy atom. The molecule has 0 N–H and O–H groups in total. The molecular weight excluding hydrogens is 320 g/mol. The topological polar surface area (TPSA) is 0 Å². The first-order valence-corrected chi connectivity index (χ1v) is 8.97. The summed E-state index contributed by atoms with van der Waals surface area (Å²) in [4.78, 5) is 0. The Kier molecular flexibility index (Phi) is 4.92. The summed E-state index contributed by atoms with van der Waals surface area (Å²) in [5.74, 6) is 0. The third kappa shape index (κ3) is 3.47. The predicted octanol–water partition coefficient (Wildman–Crippen LogP) is 6.49. The second-order valence-corrected chi connectivity index (χ2v) is 6.48. The first kappa shape index (κ1) is 14.6. The SMILES string of the molecule is BrCCCCCCc1cccc2cc3ccccc3cc12. The third-order valence-electron chi connectivity index (χ3n) is 4.17. The van der Waals surface area contributed by atoms with Gasteiger partial charge in [0.15, 0.2) is 0 Å². The highest BCUT2D eigenvalue weighted by Gasteiger charge is 2.03. The molecule has 3 aromatic carbocycles. The first-order chi connectivity index (χ1) is 10.4. The summed E-state index contributed by atoms with van der Waals surface area (Å²) in [6.07, 6.45) is 6.44. The number of fused-ring (bicyclic) bond motifs is 2. The van der Waals surface area contributed by atoms with Crippen LogP contribution in [0.2, 0.25) is 0 Å². The summed E-state index contributed by atoms with van der Waals surface area (Å²) in [6, 6.07) is 20.0. The van der Waals surface area contributed by atoms with Crippen LogP contribution in [0, 0.1) is 0 Å². The minimum Gasteiger partial charge on any atom is -0.0928 e. The molecule has 3 rings (SSSR count). The monoisotopic (exact) mass is 340 g/mol. The molecule has 3 aromatic rings. The summed E-state index contributed by atoms with van der Waals surface area (Å²) in [7, 11) is 0. The fourth-order valence-corrected chi connectivity index (χ4v) is 3.41. The van der Waals surface area contributed by atoms with Gasteiger partial charge in [0, 0.05) is 5.33 Å². The highest BCUT2D eigenvalue weighted by atomic mass is 79.9. The van der Waals surface area contributed by atoms with Gasteiger partial charge in [-0.1, -0.05) is 71.2 Å². The molecule has 0 aliphatic carbocycles. The van der Waals surface area contributed by atoms with Gasteiger partial charge in [-0.05, 0) is 58.5 Å². The molecular formula is C20H21Br. The van der Waals surface area contributed by atoms with E-state index in [4.69, 9.17) is 0 Å². The Morgan fingerprint density at radius 3 is 2.19 bits per heavy atom. The Labute approximate surface area is 135 Å². The van der Waals surface area contributed by atoms with E-state index in [0.29, 0.717) is 0 Å². The molecule has 0 radical (unpaired) electrons. The van der Waals surface area contributed by atoms with E-state index in [-0.39, 0.29) is 0 Å². The summed E-state index contributed by atoms with van der Waals surface area (Å²) in [5, 5.41) is 6.60. The maximum absolute atomic E-state index is 3.50. The Balaban J connectivity index is 1.86. The average Bonchev–Trinajstić information content (AvgIpc) is 2.53. The molecule has 0 aliphatic heterocycles. The molecule has 21 heavy (non-hydrogen) atoms. The first-order valence-electron chi connectivity index (χ1n) is 7.85. The number of hydrogen-bond donors (Lipinski definition) is 0. The molecule has 108 valence electrons. The van der Waals surface area contributed by atoms with E-state index in [9.17, 15) is 0 Å². The molecule has 0 aromatic heterocycles. The zero-order valence-electron chi connectivity index (χ0n) is 12.3. The molecule has 0 nitrogen and oxygen atoms in total. The largest absolute Gasteiger partial charge is 0.0928 e. The van der Waals surface area contributed by atoms with Crippen molar-refractivity contribution in [3.05, 3.63) is 60.2 Å². The van der Waals surface area contributed by atoms with Crippen LogP contribution in [-0.2, 0) is 6.42 Å². The van der Waals surface area contributed by atoms with Crippen LogP contribution in [0.5, 0.6) is 0 Å². The van der Waals surface area contributed by atoms with Crippen molar-refractivity contribution in [3.63, 3.8) is 0 Å². The zero-order valence-corrected chi connectivity index (χ0v) is 13.9. The van der Waals surface area contributed by atoms with Gasteiger partial charge in [-0.15, -0.1) is 0 Å². The number of halogens is 1. The molecule has 0 spiro atoms. The maximum atomic E-state index is 3.50. The van der Waals surface area contributed by atoms with E-state index in [2.05, 4.69) is 70.5 Å². The maximum Gasteiger partial charge on any atom is 0.00313 e. The lowest BCUT2D eigenvalue weighted by atomic mass is 9.96. The van der Waals surface area contributed by atoms with Gasteiger partial charge in [0.05, 0.1) is 0 Å². The van der Waals surface area contributed by atoms with Crippen molar-refractivity contribution < 1.29 is 0 Å². The van der Waals surface area contributed by atoms with Gasteiger partial charge in [0.1, 0.15) is 0 Å². The van der Waals surface area contributed by atoms with Crippen LogP contribution in [0.4, 0.5) is 0 Å². The van der Waals surface area contributed by atoms with Crippen molar-refractivity contribution in [2.75, 3.05) is 5.33 Å². The van der Waals surface area contributed by atoms with Crippen LogP contribution in [0.25, 0.3) is 21.5 Å². The number of rotatable bonds is 6. The Morgan fingerprint density at radius 2 is 1.38 bits per heavy atom. The summed E-state index contributed by atoms with van der Waals surface area (Å²) < 4.78 is 0. The van der Waals surface area contributed by atoms with Crippen molar-refractivity contribution in [2.24, 2.45) is 0 Å². The van der Waals surface area contributed by atoms with E-state index in [0.717, 1.165) is 5.33 Å². The molecule has 0 saturated carbocycles. The number of hydrogen-bond acceptors (Lipinski definition) is 0. The fourth-order valence-electron chi connectivity index (χ4n) is 3.01. The zero-order chi connectivity index (χ0) is 14.5. The minimum atomic E-state index is 1.13. The average molecular weight is 341 g/mol. The van der Waals surface area contributed by atoms with Gasteiger partial charge in [0.25, 0.3) is 0 Å². The van der Waals surface area contributed by atoms with E-state index >= 15 is 0 Å². The molecule has 0 bridgehead atoms. The van der Waals surface area contributed by atoms with Crippen LogP contribution >= 0.6 is 15.9 Å². The van der Waals surface area contributed by atoms with E-state index in [1.807, 2.05) is 0 Å². The van der Waals surface area contributed by atoms with Crippen molar-refractivity contribution in [3.8, 4) is 0 Å². The lowest BCUT2D eigenvalue weighted by Gasteiger charge is -2.08. The van der Waals surface area contributed by atoms with Crippen LogP contribution in [0.1, 0.15) is 31.2 Å². The highest BCUT2D eigenvalue weighted by Crippen LogP contribution is 2.26. The second kappa shape index (κ2) is 7.09. The van der Waals surface area contributed by atoms with Crippen molar-refractivity contribution >= 4 is 37.5 Å². The van der Waals surface area contributed by atoms with E-state index < -0.39 is 0 Å². The lowest BCUT2D eigenvalue weighted by molar-refractivity contribution is 0.673. The molecule has 0 heterocycles. The van der Waals surface area contributed by atoms with Gasteiger partial charge in [-0.3, -0.25) is 0 Å². The van der Waals surface area contributed by atoms with Crippen molar-refractivity contribution in [1.82, 2.24) is 0 Å². The Hall–Kier alpha value is -1.34.